The fourth-order valence-corrected chi connectivity index (χ4v) is 1.80. The maximum atomic E-state index is 5.71. The molecule has 0 spiro atoms. The van der Waals surface area contributed by atoms with E-state index in [0.29, 0.717) is 5.88 Å². The number of halogens is 1. The molecule has 1 N–H and O–H groups in total. The molecule has 0 aliphatic carbocycles. The topological polar surface area (TPSA) is 28.7 Å². The molecule has 0 amide bonds. The van der Waals surface area contributed by atoms with Crippen molar-refractivity contribution in [2.24, 2.45) is 0 Å². The zero-order chi connectivity index (χ0) is 9.26. The summed E-state index contributed by atoms with van der Waals surface area (Å²) < 4.78 is 0. The van der Waals surface area contributed by atoms with Crippen molar-refractivity contribution in [3.8, 4) is 0 Å². The Balaban J connectivity index is 2.64. The number of H-pyrrole nitrogens is 1. The van der Waals surface area contributed by atoms with E-state index in [9.17, 15) is 0 Å². The first kappa shape index (κ1) is 8.57. The van der Waals surface area contributed by atoms with Gasteiger partial charge in [0.2, 0.25) is 0 Å². The molecule has 2 aromatic rings. The van der Waals surface area contributed by atoms with Gasteiger partial charge < -0.3 is 4.98 Å². The summed E-state index contributed by atoms with van der Waals surface area (Å²) in [5.41, 5.74) is 3.47. The SMILES string of the molecule is Cc1ccnc2[nH]cc(CCCl)c12. The lowest BCUT2D eigenvalue weighted by Crippen LogP contribution is -1.86. The lowest BCUT2D eigenvalue weighted by molar-refractivity contribution is 1.16. The van der Waals surface area contributed by atoms with Crippen molar-refractivity contribution >= 4 is 22.6 Å². The van der Waals surface area contributed by atoms with E-state index in [1.807, 2.05) is 18.5 Å². The van der Waals surface area contributed by atoms with E-state index in [4.69, 9.17) is 11.6 Å². The van der Waals surface area contributed by atoms with Gasteiger partial charge in [-0.3, -0.25) is 0 Å². The van der Waals surface area contributed by atoms with E-state index in [2.05, 4.69) is 16.9 Å². The largest absolute Gasteiger partial charge is 0.346 e. The third kappa shape index (κ3) is 1.42. The third-order valence-electron chi connectivity index (χ3n) is 2.23. The molecule has 2 aromatic heterocycles. The Bertz CT molecular complexity index is 420. The molecule has 68 valence electrons. The number of nitrogens with zero attached hydrogens (tertiary/aromatic N) is 1. The second kappa shape index (κ2) is 3.38. The molecule has 0 saturated heterocycles. The van der Waals surface area contributed by atoms with Crippen LogP contribution in [0.3, 0.4) is 0 Å². The van der Waals surface area contributed by atoms with Crippen LogP contribution in [0, 0.1) is 6.92 Å². The van der Waals surface area contributed by atoms with Crippen LogP contribution in [0.1, 0.15) is 11.1 Å². The highest BCUT2D eigenvalue weighted by atomic mass is 35.5. The van der Waals surface area contributed by atoms with Gasteiger partial charge >= 0.3 is 0 Å². The van der Waals surface area contributed by atoms with Crippen LogP contribution < -0.4 is 0 Å². The minimum atomic E-state index is 0.654. The molecular formula is C10H11ClN2. The van der Waals surface area contributed by atoms with Crippen molar-refractivity contribution in [1.82, 2.24) is 9.97 Å². The Kier molecular flexibility index (Phi) is 2.23. The number of alkyl halides is 1. The minimum absolute atomic E-state index is 0.654. The molecule has 0 atom stereocenters. The van der Waals surface area contributed by atoms with Gasteiger partial charge in [-0.1, -0.05) is 0 Å². The van der Waals surface area contributed by atoms with Gasteiger partial charge in [-0.2, -0.15) is 0 Å². The summed E-state index contributed by atoms with van der Waals surface area (Å²) >= 11 is 5.71. The van der Waals surface area contributed by atoms with E-state index >= 15 is 0 Å². The highest BCUT2D eigenvalue weighted by Gasteiger charge is 2.05. The van der Waals surface area contributed by atoms with Crippen LogP contribution in [0.25, 0.3) is 11.0 Å². The number of nitrogens with one attached hydrogen (secondary N) is 1. The van der Waals surface area contributed by atoms with Gasteiger partial charge in [0.1, 0.15) is 5.65 Å². The molecule has 0 fully saturated rings. The zero-order valence-corrected chi connectivity index (χ0v) is 8.23. The molecule has 0 radical (unpaired) electrons. The Morgan fingerprint density at radius 3 is 3.15 bits per heavy atom. The van der Waals surface area contributed by atoms with E-state index in [1.165, 1.54) is 16.5 Å². The van der Waals surface area contributed by atoms with Crippen LogP contribution in [-0.4, -0.2) is 15.8 Å². The molecule has 0 aliphatic heterocycles. The summed E-state index contributed by atoms with van der Waals surface area (Å²) in [7, 11) is 0. The number of hydrogen-bond donors (Lipinski definition) is 1. The Morgan fingerprint density at radius 2 is 2.38 bits per heavy atom. The number of aromatic amines is 1. The highest BCUT2D eigenvalue weighted by Crippen LogP contribution is 2.20. The van der Waals surface area contributed by atoms with Gasteiger partial charge in [0.25, 0.3) is 0 Å². The average molecular weight is 195 g/mol. The van der Waals surface area contributed by atoms with Crippen molar-refractivity contribution in [3.63, 3.8) is 0 Å². The van der Waals surface area contributed by atoms with Crippen LogP contribution in [0.15, 0.2) is 18.5 Å². The Labute approximate surface area is 81.9 Å². The monoisotopic (exact) mass is 194 g/mol. The molecule has 0 aliphatic rings. The maximum Gasteiger partial charge on any atom is 0.137 e. The second-order valence-corrected chi connectivity index (χ2v) is 3.48. The Morgan fingerprint density at radius 1 is 1.54 bits per heavy atom. The number of fused-ring (bicyclic) bond motifs is 1. The van der Waals surface area contributed by atoms with Crippen molar-refractivity contribution in [3.05, 3.63) is 29.6 Å². The van der Waals surface area contributed by atoms with Crippen molar-refractivity contribution in [2.45, 2.75) is 13.3 Å². The van der Waals surface area contributed by atoms with Gasteiger partial charge in [0, 0.05) is 23.7 Å². The number of pyridine rings is 1. The third-order valence-corrected chi connectivity index (χ3v) is 2.42. The van der Waals surface area contributed by atoms with Crippen LogP contribution in [0.4, 0.5) is 0 Å². The zero-order valence-electron chi connectivity index (χ0n) is 7.47. The molecule has 0 bridgehead atoms. The molecule has 2 nitrogen and oxygen atoms in total. The molecule has 3 heteroatoms. The standard InChI is InChI=1S/C10H11ClN2/c1-7-3-5-12-10-9(7)8(2-4-11)6-13-10/h3,5-6H,2,4H2,1H3,(H,12,13). The van der Waals surface area contributed by atoms with Crippen LogP contribution >= 0.6 is 11.6 Å². The predicted molar refractivity (Wildman–Crippen MR) is 55.3 cm³/mol. The Hall–Kier alpha value is -1.02. The lowest BCUT2D eigenvalue weighted by Gasteiger charge is -1.98. The molecule has 0 saturated carbocycles. The van der Waals surface area contributed by atoms with E-state index in [0.717, 1.165) is 12.1 Å². The fraction of sp³-hybridized carbons (Fsp3) is 0.300. The average Bonchev–Trinajstić information content (AvgIpc) is 2.51. The van der Waals surface area contributed by atoms with Gasteiger partial charge in [-0.05, 0) is 30.5 Å². The van der Waals surface area contributed by atoms with Gasteiger partial charge in [0.05, 0.1) is 0 Å². The first-order valence-electron chi connectivity index (χ1n) is 4.30. The summed E-state index contributed by atoms with van der Waals surface area (Å²) in [6, 6.07) is 2.02. The molecule has 2 rings (SSSR count). The predicted octanol–water partition coefficient (Wildman–Crippen LogP) is 2.65. The molecule has 0 aromatic carbocycles. The molecular weight excluding hydrogens is 184 g/mol. The number of hydrogen-bond acceptors (Lipinski definition) is 1. The van der Waals surface area contributed by atoms with Crippen LogP contribution in [0.5, 0.6) is 0 Å². The molecule has 2 heterocycles. The fourth-order valence-electron chi connectivity index (χ4n) is 1.60. The summed E-state index contributed by atoms with van der Waals surface area (Å²) in [6.45, 7) is 2.09. The number of rotatable bonds is 2. The van der Waals surface area contributed by atoms with Gasteiger partial charge in [0.15, 0.2) is 0 Å². The first-order valence-corrected chi connectivity index (χ1v) is 4.84. The number of aryl methyl sites for hydroxylation is 2. The smallest absolute Gasteiger partial charge is 0.137 e. The number of aromatic nitrogens is 2. The summed E-state index contributed by atoms with van der Waals surface area (Å²) in [4.78, 5) is 7.39. The normalized spacial score (nSPS) is 10.9. The summed E-state index contributed by atoms with van der Waals surface area (Å²) in [5.74, 6) is 0.654. The van der Waals surface area contributed by atoms with Crippen LogP contribution in [0.2, 0.25) is 0 Å². The van der Waals surface area contributed by atoms with Crippen molar-refractivity contribution in [2.75, 3.05) is 5.88 Å². The molecule has 13 heavy (non-hydrogen) atoms. The van der Waals surface area contributed by atoms with Gasteiger partial charge in [-0.25, -0.2) is 4.98 Å². The molecule has 0 unspecified atom stereocenters. The van der Waals surface area contributed by atoms with E-state index in [-0.39, 0.29) is 0 Å². The van der Waals surface area contributed by atoms with Crippen LogP contribution in [-0.2, 0) is 6.42 Å². The summed E-state index contributed by atoms with van der Waals surface area (Å²) in [5, 5.41) is 1.23. The highest BCUT2D eigenvalue weighted by molar-refractivity contribution is 6.18. The minimum Gasteiger partial charge on any atom is -0.346 e. The first-order chi connectivity index (χ1) is 6.33. The lowest BCUT2D eigenvalue weighted by atomic mass is 10.1. The van der Waals surface area contributed by atoms with Gasteiger partial charge in [-0.15, -0.1) is 11.6 Å². The maximum absolute atomic E-state index is 5.71. The van der Waals surface area contributed by atoms with Crippen molar-refractivity contribution < 1.29 is 0 Å². The summed E-state index contributed by atoms with van der Waals surface area (Å²) in [6.07, 6.45) is 4.71. The van der Waals surface area contributed by atoms with Crippen molar-refractivity contribution in [1.29, 1.82) is 0 Å². The van der Waals surface area contributed by atoms with E-state index in [1.54, 1.807) is 0 Å². The second-order valence-electron chi connectivity index (χ2n) is 3.10. The quantitative estimate of drug-likeness (QED) is 0.732. The van der Waals surface area contributed by atoms with E-state index < -0.39 is 0 Å².